The van der Waals surface area contributed by atoms with Crippen molar-refractivity contribution < 1.29 is 13.2 Å². The number of aryl methyl sites for hydroxylation is 2. The van der Waals surface area contributed by atoms with Gasteiger partial charge >= 0.3 is 0 Å². The van der Waals surface area contributed by atoms with Crippen molar-refractivity contribution in [1.29, 1.82) is 0 Å². The zero-order valence-corrected chi connectivity index (χ0v) is 15.4. The van der Waals surface area contributed by atoms with Gasteiger partial charge in [-0.2, -0.15) is 4.31 Å². The first kappa shape index (κ1) is 17.1. The third kappa shape index (κ3) is 3.35. The predicted octanol–water partition coefficient (Wildman–Crippen LogP) is 2.08. The zero-order valence-electron chi connectivity index (χ0n) is 13.7. The maximum Gasteiger partial charge on any atom is 0.244 e. The zero-order chi connectivity index (χ0) is 17.5. The van der Waals surface area contributed by atoms with E-state index in [1.165, 1.54) is 15.6 Å². The summed E-state index contributed by atoms with van der Waals surface area (Å²) in [5.41, 5.74) is 2.81. The van der Waals surface area contributed by atoms with Crippen LogP contribution in [-0.2, 0) is 27.8 Å². The molecule has 2 heterocycles. The number of aromatic nitrogens is 1. The van der Waals surface area contributed by atoms with Crippen molar-refractivity contribution in [3.63, 3.8) is 0 Å². The molecule has 0 saturated carbocycles. The molecule has 3 rings (SSSR count). The molecule has 0 unspecified atom stereocenters. The van der Waals surface area contributed by atoms with Gasteiger partial charge in [-0.25, -0.2) is 13.4 Å². The number of nitrogens with zero attached hydrogens (tertiary/aromatic N) is 2. The summed E-state index contributed by atoms with van der Waals surface area (Å²) in [6, 6.07) is 6.85. The Balaban J connectivity index is 1.90. The van der Waals surface area contributed by atoms with Crippen LogP contribution in [0.4, 0.5) is 5.13 Å². The number of thiazole rings is 1. The molecule has 1 N–H and O–H groups in total. The summed E-state index contributed by atoms with van der Waals surface area (Å²) < 4.78 is 25.6. The normalized spacial score (nSPS) is 18.2. The van der Waals surface area contributed by atoms with E-state index in [0.29, 0.717) is 11.6 Å². The van der Waals surface area contributed by atoms with E-state index in [1.807, 2.05) is 38.1 Å². The maximum atomic E-state index is 12.7. The molecule has 1 atom stereocenters. The molecule has 128 valence electrons. The summed E-state index contributed by atoms with van der Waals surface area (Å²) in [7, 11) is -3.50. The summed E-state index contributed by atoms with van der Waals surface area (Å²) in [6.07, 6.45) is 1.50. The van der Waals surface area contributed by atoms with Gasteiger partial charge in [0.1, 0.15) is 6.04 Å². The molecule has 2 aromatic rings. The number of amides is 1. The molecule has 1 aromatic carbocycles. The van der Waals surface area contributed by atoms with E-state index in [2.05, 4.69) is 10.3 Å². The third-order valence-electron chi connectivity index (χ3n) is 4.19. The highest BCUT2D eigenvalue weighted by Gasteiger charge is 2.37. The van der Waals surface area contributed by atoms with Gasteiger partial charge in [-0.15, -0.1) is 11.3 Å². The molecular weight excluding hydrogens is 346 g/mol. The number of rotatable bonds is 3. The molecule has 8 heteroatoms. The highest BCUT2D eigenvalue weighted by atomic mass is 32.2. The van der Waals surface area contributed by atoms with Crippen molar-refractivity contribution >= 4 is 32.4 Å². The second kappa shape index (κ2) is 6.27. The second-order valence-electron chi connectivity index (χ2n) is 5.95. The van der Waals surface area contributed by atoms with Gasteiger partial charge in [-0.05, 0) is 31.4 Å². The van der Waals surface area contributed by atoms with Gasteiger partial charge < -0.3 is 5.32 Å². The molecule has 0 saturated heterocycles. The lowest BCUT2D eigenvalue weighted by molar-refractivity contribution is -0.120. The lowest BCUT2D eigenvalue weighted by Gasteiger charge is -2.33. The minimum absolute atomic E-state index is 0.211. The first-order chi connectivity index (χ1) is 11.3. The molecule has 1 aliphatic heterocycles. The van der Waals surface area contributed by atoms with Crippen molar-refractivity contribution in [3.8, 4) is 0 Å². The van der Waals surface area contributed by atoms with Crippen LogP contribution in [0.3, 0.4) is 0 Å². The molecular formula is C16H19N3O3S2. The van der Waals surface area contributed by atoms with Gasteiger partial charge in [0.2, 0.25) is 15.9 Å². The fourth-order valence-corrected chi connectivity index (χ4v) is 4.61. The van der Waals surface area contributed by atoms with Crippen LogP contribution in [0, 0.1) is 13.8 Å². The summed E-state index contributed by atoms with van der Waals surface area (Å²) in [5, 5.41) is 3.27. The topological polar surface area (TPSA) is 79.4 Å². The van der Waals surface area contributed by atoms with Crippen LogP contribution in [0.1, 0.15) is 21.7 Å². The van der Waals surface area contributed by atoms with Crippen molar-refractivity contribution in [3.05, 3.63) is 46.0 Å². The quantitative estimate of drug-likeness (QED) is 0.903. The van der Waals surface area contributed by atoms with Crippen LogP contribution in [0.25, 0.3) is 0 Å². The third-order valence-corrected chi connectivity index (χ3v) is 6.42. The number of fused-ring (bicyclic) bond motifs is 1. The van der Waals surface area contributed by atoms with Crippen LogP contribution >= 0.6 is 11.3 Å². The smallest absolute Gasteiger partial charge is 0.244 e. The second-order valence-corrected chi connectivity index (χ2v) is 9.08. The molecule has 1 aromatic heterocycles. The molecule has 0 bridgehead atoms. The molecule has 0 radical (unpaired) electrons. The summed E-state index contributed by atoms with van der Waals surface area (Å²) in [5.74, 6) is -0.344. The summed E-state index contributed by atoms with van der Waals surface area (Å²) in [4.78, 5) is 18.0. The predicted molar refractivity (Wildman–Crippen MR) is 94.5 cm³/mol. The van der Waals surface area contributed by atoms with Crippen molar-refractivity contribution in [2.24, 2.45) is 0 Å². The molecule has 1 aliphatic rings. The van der Waals surface area contributed by atoms with Gasteiger partial charge in [-0.3, -0.25) is 4.79 Å². The van der Waals surface area contributed by atoms with Gasteiger partial charge in [0.15, 0.2) is 5.13 Å². The molecule has 1 amide bonds. The van der Waals surface area contributed by atoms with Gasteiger partial charge in [0.05, 0.1) is 11.9 Å². The SMILES string of the molecule is Cc1nc(NC(=O)[C@@H]2Cc3ccccc3CN2S(C)(=O)=O)sc1C. The van der Waals surface area contributed by atoms with Crippen LogP contribution in [-0.4, -0.2) is 35.9 Å². The molecule has 0 spiro atoms. The number of hydrogen-bond acceptors (Lipinski definition) is 5. The lowest BCUT2D eigenvalue weighted by Crippen LogP contribution is -2.50. The van der Waals surface area contributed by atoms with Crippen LogP contribution in [0.5, 0.6) is 0 Å². The minimum atomic E-state index is -3.50. The Kier molecular flexibility index (Phi) is 4.46. The number of carbonyl (C=O) groups is 1. The van der Waals surface area contributed by atoms with E-state index < -0.39 is 16.1 Å². The Hall–Kier alpha value is -1.77. The summed E-state index contributed by atoms with van der Waals surface area (Å²) >= 11 is 1.39. The Morgan fingerprint density at radius 3 is 2.54 bits per heavy atom. The number of sulfonamides is 1. The van der Waals surface area contributed by atoms with Crippen LogP contribution < -0.4 is 5.32 Å². The van der Waals surface area contributed by atoms with E-state index in [0.717, 1.165) is 28.0 Å². The Morgan fingerprint density at radius 1 is 1.29 bits per heavy atom. The molecule has 0 aliphatic carbocycles. The fraction of sp³-hybridized carbons (Fsp3) is 0.375. The number of nitrogens with one attached hydrogen (secondary N) is 1. The van der Waals surface area contributed by atoms with E-state index in [1.54, 1.807) is 0 Å². The number of hydrogen-bond donors (Lipinski definition) is 1. The van der Waals surface area contributed by atoms with Crippen LogP contribution in [0.2, 0.25) is 0 Å². The Bertz CT molecular complexity index is 870. The first-order valence-corrected chi connectivity index (χ1v) is 10.2. The summed E-state index contributed by atoms with van der Waals surface area (Å²) in [6.45, 7) is 4.02. The first-order valence-electron chi connectivity index (χ1n) is 7.54. The molecule has 0 fully saturated rings. The van der Waals surface area contributed by atoms with Gasteiger partial charge in [0, 0.05) is 11.4 Å². The standard InChI is InChI=1S/C16H19N3O3S2/c1-10-11(2)23-16(17-10)18-15(20)14-8-12-6-4-5-7-13(12)9-19(14)24(3,21)22/h4-7,14H,8-9H2,1-3H3,(H,17,18,20)/t14-/m0/s1. The number of benzene rings is 1. The monoisotopic (exact) mass is 365 g/mol. The highest BCUT2D eigenvalue weighted by molar-refractivity contribution is 7.88. The number of anilines is 1. The minimum Gasteiger partial charge on any atom is -0.301 e. The average molecular weight is 365 g/mol. The Morgan fingerprint density at radius 2 is 1.96 bits per heavy atom. The van der Waals surface area contributed by atoms with E-state index >= 15 is 0 Å². The van der Waals surface area contributed by atoms with E-state index in [4.69, 9.17) is 0 Å². The maximum absolute atomic E-state index is 12.7. The van der Waals surface area contributed by atoms with Crippen LogP contribution in [0.15, 0.2) is 24.3 Å². The van der Waals surface area contributed by atoms with Crippen molar-refractivity contribution in [2.75, 3.05) is 11.6 Å². The van der Waals surface area contributed by atoms with Crippen molar-refractivity contribution in [2.45, 2.75) is 32.9 Å². The molecule has 24 heavy (non-hydrogen) atoms. The van der Waals surface area contributed by atoms with Gasteiger partial charge in [-0.1, -0.05) is 24.3 Å². The largest absolute Gasteiger partial charge is 0.301 e. The van der Waals surface area contributed by atoms with E-state index in [-0.39, 0.29) is 12.5 Å². The van der Waals surface area contributed by atoms with Crippen molar-refractivity contribution in [1.82, 2.24) is 9.29 Å². The fourth-order valence-electron chi connectivity index (χ4n) is 2.79. The molecule has 6 nitrogen and oxygen atoms in total. The highest BCUT2D eigenvalue weighted by Crippen LogP contribution is 2.27. The number of carbonyl (C=O) groups excluding carboxylic acids is 1. The van der Waals surface area contributed by atoms with E-state index in [9.17, 15) is 13.2 Å². The average Bonchev–Trinajstić information content (AvgIpc) is 2.83. The Labute approximate surface area is 145 Å². The van der Waals surface area contributed by atoms with Gasteiger partial charge in [0.25, 0.3) is 0 Å². The lowest BCUT2D eigenvalue weighted by atomic mass is 9.95.